The highest BCUT2D eigenvalue weighted by atomic mass is 32.1. The van der Waals surface area contributed by atoms with Gasteiger partial charge in [-0.15, -0.1) is 11.3 Å². The lowest BCUT2D eigenvalue weighted by Crippen LogP contribution is -2.07. The SMILES string of the molecule is CCCCCCCCCCCCOc1cc2sc3cc(OCCCCCCCCCCCC)c(OCC4CO4)cc3c2cc1OCC1CO1. The van der Waals surface area contributed by atoms with Gasteiger partial charge < -0.3 is 28.4 Å². The van der Waals surface area contributed by atoms with E-state index in [0.717, 1.165) is 59.8 Å². The molecule has 274 valence electrons. The molecule has 1 aromatic heterocycles. The fourth-order valence-electron chi connectivity index (χ4n) is 6.48. The Morgan fingerprint density at radius 2 is 0.796 bits per heavy atom. The summed E-state index contributed by atoms with van der Waals surface area (Å²) in [5.41, 5.74) is 0. The zero-order chi connectivity index (χ0) is 33.9. The third kappa shape index (κ3) is 13.8. The number of rotatable bonds is 30. The van der Waals surface area contributed by atoms with Crippen LogP contribution in [0, 0.1) is 0 Å². The Bertz CT molecular complexity index is 1250. The van der Waals surface area contributed by atoms with Crippen molar-refractivity contribution in [3.63, 3.8) is 0 Å². The second-order valence-corrected chi connectivity index (χ2v) is 15.4. The molecule has 0 spiro atoms. The first-order valence-electron chi connectivity index (χ1n) is 20.0. The average molecular weight is 697 g/mol. The highest BCUT2D eigenvalue weighted by molar-refractivity contribution is 7.25. The molecule has 3 aromatic rings. The summed E-state index contributed by atoms with van der Waals surface area (Å²) in [5, 5.41) is 2.32. The molecular formula is C42H64O6S. The first-order chi connectivity index (χ1) is 24.2. The molecule has 2 aliphatic rings. The summed E-state index contributed by atoms with van der Waals surface area (Å²) < 4.78 is 38.6. The van der Waals surface area contributed by atoms with E-state index in [1.54, 1.807) is 11.3 Å². The predicted molar refractivity (Wildman–Crippen MR) is 204 cm³/mol. The molecule has 3 heterocycles. The topological polar surface area (TPSA) is 62.0 Å². The van der Waals surface area contributed by atoms with Crippen LogP contribution in [0.1, 0.15) is 142 Å². The van der Waals surface area contributed by atoms with E-state index >= 15 is 0 Å². The summed E-state index contributed by atoms with van der Waals surface area (Å²) in [5.74, 6) is 3.25. The maximum Gasteiger partial charge on any atom is 0.162 e. The van der Waals surface area contributed by atoms with Gasteiger partial charge in [0.15, 0.2) is 23.0 Å². The molecule has 2 aliphatic heterocycles. The molecule has 2 saturated heterocycles. The fourth-order valence-corrected chi connectivity index (χ4v) is 7.61. The van der Waals surface area contributed by atoms with E-state index in [1.807, 2.05) is 0 Å². The number of thiophene rings is 1. The van der Waals surface area contributed by atoms with Crippen LogP contribution >= 0.6 is 11.3 Å². The Hall–Kier alpha value is -2.22. The van der Waals surface area contributed by atoms with E-state index in [-0.39, 0.29) is 12.2 Å². The lowest BCUT2D eigenvalue weighted by molar-refractivity contribution is 0.239. The molecular weight excluding hydrogens is 633 g/mol. The summed E-state index contributed by atoms with van der Waals surface area (Å²) in [7, 11) is 0. The molecule has 2 atom stereocenters. The number of hydrogen-bond donors (Lipinski definition) is 0. The second kappa shape index (κ2) is 21.9. The van der Waals surface area contributed by atoms with Gasteiger partial charge in [0.25, 0.3) is 0 Å². The minimum Gasteiger partial charge on any atom is -0.490 e. The van der Waals surface area contributed by atoms with E-state index in [1.165, 1.54) is 125 Å². The third-order valence-electron chi connectivity index (χ3n) is 9.77. The minimum absolute atomic E-state index is 0.185. The molecule has 0 amide bonds. The van der Waals surface area contributed by atoms with Gasteiger partial charge in [0, 0.05) is 32.3 Å². The van der Waals surface area contributed by atoms with Crippen LogP contribution in [0.5, 0.6) is 23.0 Å². The largest absolute Gasteiger partial charge is 0.490 e. The van der Waals surface area contributed by atoms with Crippen LogP contribution in [0.25, 0.3) is 20.2 Å². The number of unbranched alkanes of at least 4 members (excludes halogenated alkanes) is 18. The lowest BCUT2D eigenvalue weighted by atomic mass is 10.1. The molecule has 0 N–H and O–H groups in total. The molecule has 2 unspecified atom stereocenters. The summed E-state index contributed by atoms with van der Waals surface area (Å²) in [6.07, 6.45) is 26.6. The molecule has 0 bridgehead atoms. The Labute approximate surface area is 300 Å². The van der Waals surface area contributed by atoms with Crippen molar-refractivity contribution in [2.24, 2.45) is 0 Å². The van der Waals surface area contributed by atoms with Crippen molar-refractivity contribution in [1.29, 1.82) is 0 Å². The molecule has 0 radical (unpaired) electrons. The summed E-state index contributed by atoms with van der Waals surface area (Å²) in [4.78, 5) is 0. The zero-order valence-corrected chi connectivity index (χ0v) is 31.5. The molecule has 7 heteroatoms. The maximum absolute atomic E-state index is 6.39. The van der Waals surface area contributed by atoms with Crippen molar-refractivity contribution >= 4 is 31.5 Å². The zero-order valence-electron chi connectivity index (χ0n) is 30.7. The normalized spacial score (nSPS) is 16.8. The van der Waals surface area contributed by atoms with Crippen LogP contribution in [0.4, 0.5) is 0 Å². The predicted octanol–water partition coefficient (Wildman–Crippen LogP) is 12.2. The highest BCUT2D eigenvalue weighted by Crippen LogP contribution is 2.45. The van der Waals surface area contributed by atoms with Gasteiger partial charge in [0.05, 0.1) is 26.4 Å². The van der Waals surface area contributed by atoms with Crippen LogP contribution < -0.4 is 18.9 Å². The molecule has 5 rings (SSSR count). The van der Waals surface area contributed by atoms with E-state index in [2.05, 4.69) is 38.1 Å². The number of ether oxygens (including phenoxy) is 6. The first-order valence-corrected chi connectivity index (χ1v) is 20.9. The van der Waals surface area contributed by atoms with Gasteiger partial charge in [-0.25, -0.2) is 0 Å². The van der Waals surface area contributed by atoms with Crippen molar-refractivity contribution in [2.75, 3.05) is 39.6 Å². The quantitative estimate of drug-likeness (QED) is 0.0511. The monoisotopic (exact) mass is 696 g/mol. The van der Waals surface area contributed by atoms with Gasteiger partial charge in [-0.1, -0.05) is 129 Å². The van der Waals surface area contributed by atoms with Crippen molar-refractivity contribution in [3.05, 3.63) is 24.3 Å². The van der Waals surface area contributed by atoms with E-state index in [9.17, 15) is 0 Å². The van der Waals surface area contributed by atoms with E-state index in [4.69, 9.17) is 28.4 Å². The molecule has 2 fully saturated rings. The van der Waals surface area contributed by atoms with E-state index in [0.29, 0.717) is 26.4 Å². The Morgan fingerprint density at radius 3 is 1.14 bits per heavy atom. The van der Waals surface area contributed by atoms with Gasteiger partial charge in [-0.05, 0) is 25.0 Å². The van der Waals surface area contributed by atoms with Crippen LogP contribution in [0.3, 0.4) is 0 Å². The van der Waals surface area contributed by atoms with E-state index < -0.39 is 0 Å². The van der Waals surface area contributed by atoms with Crippen LogP contribution in [0.2, 0.25) is 0 Å². The number of fused-ring (bicyclic) bond motifs is 3. The Morgan fingerprint density at radius 1 is 0.469 bits per heavy atom. The second-order valence-electron chi connectivity index (χ2n) is 14.3. The minimum atomic E-state index is 0.185. The molecule has 6 nitrogen and oxygen atoms in total. The van der Waals surface area contributed by atoms with Gasteiger partial charge in [0.2, 0.25) is 0 Å². The fraction of sp³-hybridized carbons (Fsp3) is 0.714. The summed E-state index contributed by atoms with van der Waals surface area (Å²) >= 11 is 1.78. The van der Waals surface area contributed by atoms with Gasteiger partial charge in [-0.2, -0.15) is 0 Å². The lowest BCUT2D eigenvalue weighted by Gasteiger charge is -2.14. The van der Waals surface area contributed by atoms with Crippen LogP contribution in [-0.4, -0.2) is 51.8 Å². The summed E-state index contributed by atoms with van der Waals surface area (Å²) in [6, 6.07) is 8.65. The third-order valence-corrected chi connectivity index (χ3v) is 10.9. The van der Waals surface area contributed by atoms with Crippen molar-refractivity contribution in [2.45, 2.75) is 154 Å². The van der Waals surface area contributed by atoms with Crippen molar-refractivity contribution < 1.29 is 28.4 Å². The highest BCUT2D eigenvalue weighted by Gasteiger charge is 2.26. The number of benzene rings is 2. The molecule has 0 aliphatic carbocycles. The first kappa shape index (κ1) is 38.0. The number of epoxide rings is 2. The maximum atomic E-state index is 6.39. The Kier molecular flexibility index (Phi) is 17.0. The van der Waals surface area contributed by atoms with Gasteiger partial charge in [0.1, 0.15) is 25.4 Å². The van der Waals surface area contributed by atoms with Crippen molar-refractivity contribution in [3.8, 4) is 23.0 Å². The van der Waals surface area contributed by atoms with Gasteiger partial charge >= 0.3 is 0 Å². The Balaban J connectivity index is 1.17. The molecule has 0 saturated carbocycles. The number of hydrogen-bond acceptors (Lipinski definition) is 7. The van der Waals surface area contributed by atoms with Gasteiger partial charge in [-0.3, -0.25) is 0 Å². The average Bonchev–Trinajstić information content (AvgIpc) is 4.06. The summed E-state index contributed by atoms with van der Waals surface area (Å²) in [6.45, 7) is 8.62. The van der Waals surface area contributed by atoms with Crippen LogP contribution in [0.15, 0.2) is 24.3 Å². The molecule has 2 aromatic carbocycles. The van der Waals surface area contributed by atoms with Crippen molar-refractivity contribution in [1.82, 2.24) is 0 Å². The standard InChI is InChI=1S/C42H64O6S/c1-3-5-7-9-11-13-15-17-19-21-23-43-39-27-41-35(25-37(39)47-31-33-29-45-33)36-26-38(48-32-34-30-46-34)40(28-42(36)49-41)44-24-22-20-18-16-14-12-10-8-6-4-2/h25-28,33-34H,3-24,29-32H2,1-2H3. The molecule has 49 heavy (non-hydrogen) atoms. The smallest absolute Gasteiger partial charge is 0.162 e. The van der Waals surface area contributed by atoms with Crippen LogP contribution in [-0.2, 0) is 9.47 Å².